The SMILES string of the molecule is Cc1cc(NC(=O)c2cc(C)n(C)n2)n(Cc2ccccc2)n1. The molecule has 23 heavy (non-hydrogen) atoms. The third-order valence-corrected chi connectivity index (χ3v) is 3.67. The van der Waals surface area contributed by atoms with Gasteiger partial charge >= 0.3 is 0 Å². The van der Waals surface area contributed by atoms with Crippen molar-refractivity contribution < 1.29 is 4.79 Å². The molecule has 1 amide bonds. The Hall–Kier alpha value is -2.89. The van der Waals surface area contributed by atoms with Crippen LogP contribution in [0, 0.1) is 13.8 Å². The average Bonchev–Trinajstić information content (AvgIpc) is 3.03. The van der Waals surface area contributed by atoms with Crippen molar-refractivity contribution in [2.45, 2.75) is 20.4 Å². The summed E-state index contributed by atoms with van der Waals surface area (Å²) in [6, 6.07) is 13.6. The van der Waals surface area contributed by atoms with E-state index in [1.54, 1.807) is 15.4 Å². The Morgan fingerprint density at radius 1 is 1.13 bits per heavy atom. The molecule has 1 aromatic carbocycles. The number of nitrogens with zero attached hydrogens (tertiary/aromatic N) is 4. The molecule has 0 spiro atoms. The van der Waals surface area contributed by atoms with Gasteiger partial charge in [-0.2, -0.15) is 10.2 Å². The molecular formula is C17H19N5O. The lowest BCUT2D eigenvalue weighted by atomic mass is 10.2. The van der Waals surface area contributed by atoms with Gasteiger partial charge in [-0.3, -0.25) is 9.48 Å². The van der Waals surface area contributed by atoms with E-state index < -0.39 is 0 Å². The quantitative estimate of drug-likeness (QED) is 0.805. The maximum absolute atomic E-state index is 12.4. The van der Waals surface area contributed by atoms with Crippen LogP contribution in [0.25, 0.3) is 0 Å². The second-order valence-corrected chi connectivity index (χ2v) is 5.56. The van der Waals surface area contributed by atoms with Crippen LogP contribution < -0.4 is 5.32 Å². The number of aromatic nitrogens is 4. The van der Waals surface area contributed by atoms with Crippen LogP contribution in [0.2, 0.25) is 0 Å². The summed E-state index contributed by atoms with van der Waals surface area (Å²) in [5, 5.41) is 11.5. The summed E-state index contributed by atoms with van der Waals surface area (Å²) < 4.78 is 3.47. The molecule has 0 aliphatic rings. The van der Waals surface area contributed by atoms with Crippen molar-refractivity contribution in [3.63, 3.8) is 0 Å². The first-order valence-corrected chi connectivity index (χ1v) is 7.43. The van der Waals surface area contributed by atoms with E-state index in [2.05, 4.69) is 15.5 Å². The molecule has 6 nitrogen and oxygen atoms in total. The molecule has 0 fully saturated rings. The van der Waals surface area contributed by atoms with Gasteiger partial charge < -0.3 is 5.32 Å². The number of rotatable bonds is 4. The number of carbonyl (C=O) groups is 1. The Kier molecular flexibility index (Phi) is 3.97. The van der Waals surface area contributed by atoms with Crippen molar-refractivity contribution in [3.8, 4) is 0 Å². The molecule has 0 saturated carbocycles. The third kappa shape index (κ3) is 3.31. The second-order valence-electron chi connectivity index (χ2n) is 5.56. The highest BCUT2D eigenvalue weighted by Crippen LogP contribution is 2.14. The van der Waals surface area contributed by atoms with Crippen molar-refractivity contribution >= 4 is 11.7 Å². The van der Waals surface area contributed by atoms with E-state index in [1.807, 2.05) is 57.3 Å². The summed E-state index contributed by atoms with van der Waals surface area (Å²) in [6.45, 7) is 4.42. The molecule has 0 saturated heterocycles. The number of amides is 1. The molecule has 1 N–H and O–H groups in total. The molecule has 6 heteroatoms. The fraction of sp³-hybridized carbons (Fsp3) is 0.235. The maximum Gasteiger partial charge on any atom is 0.277 e. The van der Waals surface area contributed by atoms with Gasteiger partial charge in [-0.25, -0.2) is 4.68 Å². The van der Waals surface area contributed by atoms with Gasteiger partial charge in [0.05, 0.1) is 12.2 Å². The van der Waals surface area contributed by atoms with Crippen LogP contribution in [0.5, 0.6) is 0 Å². The molecule has 3 rings (SSSR count). The van der Waals surface area contributed by atoms with Gasteiger partial charge in [0.15, 0.2) is 5.69 Å². The van der Waals surface area contributed by atoms with Gasteiger partial charge in [-0.05, 0) is 25.5 Å². The first-order chi connectivity index (χ1) is 11.0. The van der Waals surface area contributed by atoms with Gasteiger partial charge in [0.1, 0.15) is 5.82 Å². The second kappa shape index (κ2) is 6.08. The van der Waals surface area contributed by atoms with Gasteiger partial charge in [-0.1, -0.05) is 30.3 Å². The lowest BCUT2D eigenvalue weighted by Gasteiger charge is -2.08. The van der Waals surface area contributed by atoms with Gasteiger partial charge in [0, 0.05) is 18.8 Å². The number of hydrogen-bond donors (Lipinski definition) is 1. The first kappa shape index (κ1) is 15.0. The molecule has 118 valence electrons. The van der Waals surface area contributed by atoms with Crippen molar-refractivity contribution in [2.24, 2.45) is 7.05 Å². The zero-order valence-electron chi connectivity index (χ0n) is 13.4. The number of benzene rings is 1. The number of carbonyl (C=O) groups excluding carboxylic acids is 1. The largest absolute Gasteiger partial charge is 0.305 e. The molecule has 0 unspecified atom stereocenters. The van der Waals surface area contributed by atoms with E-state index in [0.29, 0.717) is 18.1 Å². The summed E-state index contributed by atoms with van der Waals surface area (Å²) in [6.07, 6.45) is 0. The molecule has 2 aromatic heterocycles. The van der Waals surface area contributed by atoms with Crippen molar-refractivity contribution in [1.82, 2.24) is 19.6 Å². The molecular weight excluding hydrogens is 290 g/mol. The first-order valence-electron chi connectivity index (χ1n) is 7.43. The van der Waals surface area contributed by atoms with E-state index in [9.17, 15) is 4.79 Å². The predicted octanol–water partition coefficient (Wildman–Crippen LogP) is 2.53. The van der Waals surface area contributed by atoms with Crippen LogP contribution in [-0.4, -0.2) is 25.5 Å². The minimum atomic E-state index is -0.233. The molecule has 0 radical (unpaired) electrons. The summed E-state index contributed by atoms with van der Waals surface area (Å²) in [5.74, 6) is 0.433. The summed E-state index contributed by atoms with van der Waals surface area (Å²) in [7, 11) is 1.82. The van der Waals surface area contributed by atoms with E-state index in [0.717, 1.165) is 17.0 Å². The summed E-state index contributed by atoms with van der Waals surface area (Å²) in [5.41, 5.74) is 3.31. The van der Waals surface area contributed by atoms with E-state index in [1.165, 1.54) is 0 Å². The Bertz CT molecular complexity index is 813. The van der Waals surface area contributed by atoms with E-state index in [-0.39, 0.29) is 5.91 Å². The Morgan fingerprint density at radius 2 is 1.87 bits per heavy atom. The fourth-order valence-electron chi connectivity index (χ4n) is 2.37. The van der Waals surface area contributed by atoms with Crippen LogP contribution in [0.15, 0.2) is 42.5 Å². The minimum Gasteiger partial charge on any atom is -0.305 e. The lowest BCUT2D eigenvalue weighted by Crippen LogP contribution is -2.17. The molecule has 0 atom stereocenters. The molecule has 0 bridgehead atoms. The average molecular weight is 309 g/mol. The van der Waals surface area contributed by atoms with Gasteiger partial charge in [-0.15, -0.1) is 0 Å². The Balaban J connectivity index is 1.81. The number of anilines is 1. The van der Waals surface area contributed by atoms with Crippen LogP contribution in [0.1, 0.15) is 27.4 Å². The summed E-state index contributed by atoms with van der Waals surface area (Å²) in [4.78, 5) is 12.4. The van der Waals surface area contributed by atoms with Crippen molar-refractivity contribution in [2.75, 3.05) is 5.32 Å². The van der Waals surface area contributed by atoms with Crippen LogP contribution in [0.4, 0.5) is 5.82 Å². The highest BCUT2D eigenvalue weighted by Gasteiger charge is 2.14. The van der Waals surface area contributed by atoms with Crippen LogP contribution in [-0.2, 0) is 13.6 Å². The molecule has 3 aromatic rings. The van der Waals surface area contributed by atoms with Crippen LogP contribution in [0.3, 0.4) is 0 Å². The number of nitrogens with one attached hydrogen (secondary N) is 1. The Labute approximate surface area is 134 Å². The lowest BCUT2D eigenvalue weighted by molar-refractivity contribution is 0.102. The molecule has 0 aliphatic carbocycles. The highest BCUT2D eigenvalue weighted by atomic mass is 16.2. The topological polar surface area (TPSA) is 64.7 Å². The minimum absolute atomic E-state index is 0.233. The highest BCUT2D eigenvalue weighted by molar-refractivity contribution is 6.02. The molecule has 0 aliphatic heterocycles. The van der Waals surface area contributed by atoms with Gasteiger partial charge in [0.2, 0.25) is 0 Å². The monoisotopic (exact) mass is 309 g/mol. The third-order valence-electron chi connectivity index (χ3n) is 3.67. The normalized spacial score (nSPS) is 10.7. The van der Waals surface area contributed by atoms with Gasteiger partial charge in [0.25, 0.3) is 5.91 Å². The zero-order valence-corrected chi connectivity index (χ0v) is 13.4. The zero-order chi connectivity index (χ0) is 16.4. The predicted molar refractivity (Wildman–Crippen MR) is 88.4 cm³/mol. The maximum atomic E-state index is 12.4. The standard InChI is InChI=1S/C17H19N5O/c1-12-9-16(18-17(23)15-10-13(2)21(3)20-15)22(19-12)11-14-7-5-4-6-8-14/h4-10H,11H2,1-3H3,(H,18,23). The molecule has 2 heterocycles. The van der Waals surface area contributed by atoms with Crippen molar-refractivity contribution in [1.29, 1.82) is 0 Å². The Morgan fingerprint density at radius 3 is 2.52 bits per heavy atom. The van der Waals surface area contributed by atoms with E-state index in [4.69, 9.17) is 0 Å². The summed E-state index contributed by atoms with van der Waals surface area (Å²) >= 11 is 0. The van der Waals surface area contributed by atoms with E-state index >= 15 is 0 Å². The number of aryl methyl sites for hydroxylation is 3. The fourth-order valence-corrected chi connectivity index (χ4v) is 2.37. The number of hydrogen-bond acceptors (Lipinski definition) is 3. The smallest absolute Gasteiger partial charge is 0.277 e. The van der Waals surface area contributed by atoms with Crippen molar-refractivity contribution in [3.05, 3.63) is 65.1 Å². The van der Waals surface area contributed by atoms with Crippen LogP contribution >= 0.6 is 0 Å².